The third kappa shape index (κ3) is 4.02. The zero-order valence-electron chi connectivity index (χ0n) is 12.9. The minimum Gasteiger partial charge on any atom is -0.476 e. The highest BCUT2D eigenvalue weighted by atomic mass is 16.5. The lowest BCUT2D eigenvalue weighted by Gasteiger charge is -2.24. The van der Waals surface area contributed by atoms with E-state index in [1.54, 1.807) is 0 Å². The Hall–Kier alpha value is -1.45. The van der Waals surface area contributed by atoms with E-state index >= 15 is 0 Å². The topological polar surface area (TPSA) is 60.2 Å². The Labute approximate surface area is 122 Å². The minimum absolute atomic E-state index is 0.405. The fourth-order valence-corrected chi connectivity index (χ4v) is 2.62. The number of ether oxygens (including phenoxy) is 1. The molecule has 20 heavy (non-hydrogen) atoms. The molecule has 4 heteroatoms. The van der Waals surface area contributed by atoms with Gasteiger partial charge < -0.3 is 15.8 Å². The summed E-state index contributed by atoms with van der Waals surface area (Å²) in [5.41, 5.74) is 6.91. The smallest absolute Gasteiger partial charge is 0.239 e. The van der Waals surface area contributed by atoms with E-state index in [1.807, 2.05) is 12.1 Å². The summed E-state index contributed by atoms with van der Waals surface area (Å²) >= 11 is 0. The molecule has 0 bridgehead atoms. The third-order valence-corrected chi connectivity index (χ3v) is 3.95. The van der Waals surface area contributed by atoms with Gasteiger partial charge in [-0.1, -0.05) is 33.6 Å². The first-order valence-electron chi connectivity index (χ1n) is 7.62. The zero-order valence-corrected chi connectivity index (χ0v) is 12.9. The van der Waals surface area contributed by atoms with Crippen LogP contribution in [0.5, 0.6) is 5.88 Å². The van der Waals surface area contributed by atoms with E-state index in [0.717, 1.165) is 12.4 Å². The molecule has 0 radical (unpaired) electrons. The van der Waals surface area contributed by atoms with Gasteiger partial charge in [-0.3, -0.25) is 0 Å². The number of pyridine rings is 1. The highest BCUT2D eigenvalue weighted by Gasteiger charge is 2.28. The molecule has 1 heterocycles. The molecular formula is C16H27N3O. The molecule has 1 aliphatic rings. The molecule has 1 aromatic heterocycles. The number of nitrogens with two attached hydrogens (primary N) is 1. The van der Waals surface area contributed by atoms with Gasteiger partial charge in [-0.15, -0.1) is 0 Å². The predicted molar refractivity (Wildman–Crippen MR) is 84.0 cm³/mol. The maximum absolute atomic E-state index is 5.90. The molecule has 1 aliphatic carbocycles. The van der Waals surface area contributed by atoms with Crippen molar-refractivity contribution < 1.29 is 4.74 Å². The SMILES string of the molecule is CC(C)COc1nc(NCC2(C)CCCC2)ccc1N. The zero-order chi connectivity index (χ0) is 14.6. The molecule has 112 valence electrons. The highest BCUT2D eigenvalue weighted by molar-refractivity contribution is 5.53. The molecule has 0 unspecified atom stereocenters. The maximum Gasteiger partial charge on any atom is 0.239 e. The number of nitrogen functional groups attached to an aromatic ring is 1. The average molecular weight is 277 g/mol. The molecule has 3 N–H and O–H groups in total. The predicted octanol–water partition coefficient (Wildman–Crippen LogP) is 3.69. The Morgan fingerprint density at radius 3 is 2.70 bits per heavy atom. The lowest BCUT2D eigenvalue weighted by Crippen LogP contribution is -2.23. The van der Waals surface area contributed by atoms with Crippen molar-refractivity contribution in [1.82, 2.24) is 4.98 Å². The van der Waals surface area contributed by atoms with E-state index in [1.165, 1.54) is 25.7 Å². The molecule has 0 aromatic carbocycles. The van der Waals surface area contributed by atoms with Gasteiger partial charge in [-0.2, -0.15) is 4.98 Å². The molecule has 0 amide bonds. The molecule has 1 fully saturated rings. The molecule has 2 rings (SSSR count). The number of anilines is 2. The van der Waals surface area contributed by atoms with Gasteiger partial charge in [0, 0.05) is 6.54 Å². The fourth-order valence-electron chi connectivity index (χ4n) is 2.62. The number of aromatic nitrogens is 1. The third-order valence-electron chi connectivity index (χ3n) is 3.95. The standard InChI is InChI=1S/C16H27N3O/c1-12(2)10-20-15-13(17)6-7-14(19-15)18-11-16(3)8-4-5-9-16/h6-7,12H,4-5,8-11,17H2,1-3H3,(H,18,19). The largest absolute Gasteiger partial charge is 0.476 e. The van der Waals surface area contributed by atoms with Crippen LogP contribution < -0.4 is 15.8 Å². The number of nitrogens with zero attached hydrogens (tertiary/aromatic N) is 1. The van der Waals surface area contributed by atoms with E-state index < -0.39 is 0 Å². The van der Waals surface area contributed by atoms with E-state index in [4.69, 9.17) is 10.5 Å². The van der Waals surface area contributed by atoms with Crippen LogP contribution in [-0.4, -0.2) is 18.1 Å². The van der Waals surface area contributed by atoms with Crippen molar-refractivity contribution in [1.29, 1.82) is 0 Å². The van der Waals surface area contributed by atoms with Crippen molar-refractivity contribution in [3.63, 3.8) is 0 Å². The summed E-state index contributed by atoms with van der Waals surface area (Å²) in [6.07, 6.45) is 5.28. The van der Waals surface area contributed by atoms with Crippen LogP contribution in [0.2, 0.25) is 0 Å². The summed E-state index contributed by atoms with van der Waals surface area (Å²) in [4.78, 5) is 4.48. The lowest BCUT2D eigenvalue weighted by atomic mass is 9.89. The number of nitrogens with one attached hydrogen (secondary N) is 1. The van der Waals surface area contributed by atoms with E-state index in [0.29, 0.717) is 29.5 Å². The molecule has 1 aromatic rings. The van der Waals surface area contributed by atoms with Crippen molar-refractivity contribution in [2.75, 3.05) is 24.2 Å². The van der Waals surface area contributed by atoms with Crippen molar-refractivity contribution in [3.05, 3.63) is 12.1 Å². The van der Waals surface area contributed by atoms with Crippen LogP contribution >= 0.6 is 0 Å². The van der Waals surface area contributed by atoms with Crippen molar-refractivity contribution in [2.45, 2.75) is 46.5 Å². The van der Waals surface area contributed by atoms with Crippen LogP contribution in [0.4, 0.5) is 11.5 Å². The lowest BCUT2D eigenvalue weighted by molar-refractivity contribution is 0.263. The normalized spacial score (nSPS) is 17.4. The Morgan fingerprint density at radius 1 is 1.35 bits per heavy atom. The second-order valence-electron chi connectivity index (χ2n) is 6.67. The Bertz CT molecular complexity index is 439. The fraction of sp³-hybridized carbons (Fsp3) is 0.688. The van der Waals surface area contributed by atoms with Crippen LogP contribution in [-0.2, 0) is 0 Å². The number of hydrogen-bond donors (Lipinski definition) is 2. The molecular weight excluding hydrogens is 250 g/mol. The van der Waals surface area contributed by atoms with Gasteiger partial charge in [0.05, 0.1) is 12.3 Å². The van der Waals surface area contributed by atoms with Crippen molar-refractivity contribution in [3.8, 4) is 5.88 Å². The summed E-state index contributed by atoms with van der Waals surface area (Å²) in [5.74, 6) is 1.86. The van der Waals surface area contributed by atoms with Crippen LogP contribution in [0.1, 0.15) is 46.5 Å². The maximum atomic E-state index is 5.90. The summed E-state index contributed by atoms with van der Waals surface area (Å²) in [6.45, 7) is 8.17. The molecule has 0 spiro atoms. The second-order valence-corrected chi connectivity index (χ2v) is 6.67. The monoisotopic (exact) mass is 277 g/mol. The van der Waals surface area contributed by atoms with Gasteiger partial charge in [-0.05, 0) is 36.3 Å². The molecule has 0 atom stereocenters. The van der Waals surface area contributed by atoms with Crippen LogP contribution in [0, 0.1) is 11.3 Å². The molecule has 4 nitrogen and oxygen atoms in total. The van der Waals surface area contributed by atoms with Crippen LogP contribution in [0.15, 0.2) is 12.1 Å². The van der Waals surface area contributed by atoms with E-state index in [2.05, 4.69) is 31.1 Å². The first-order chi connectivity index (χ1) is 9.48. The number of hydrogen-bond acceptors (Lipinski definition) is 4. The summed E-state index contributed by atoms with van der Waals surface area (Å²) in [6, 6.07) is 3.79. The Morgan fingerprint density at radius 2 is 2.05 bits per heavy atom. The van der Waals surface area contributed by atoms with Gasteiger partial charge in [-0.25, -0.2) is 0 Å². The quantitative estimate of drug-likeness (QED) is 0.832. The van der Waals surface area contributed by atoms with E-state index in [9.17, 15) is 0 Å². The van der Waals surface area contributed by atoms with E-state index in [-0.39, 0.29) is 0 Å². The average Bonchev–Trinajstić information content (AvgIpc) is 2.83. The molecule has 0 saturated heterocycles. The highest BCUT2D eigenvalue weighted by Crippen LogP contribution is 2.37. The van der Waals surface area contributed by atoms with Gasteiger partial charge in [0.1, 0.15) is 5.82 Å². The van der Waals surface area contributed by atoms with Gasteiger partial charge >= 0.3 is 0 Å². The van der Waals surface area contributed by atoms with Crippen LogP contribution in [0.25, 0.3) is 0 Å². The molecule has 1 saturated carbocycles. The Balaban J connectivity index is 1.96. The van der Waals surface area contributed by atoms with Gasteiger partial charge in [0.15, 0.2) is 0 Å². The first-order valence-corrected chi connectivity index (χ1v) is 7.62. The van der Waals surface area contributed by atoms with Crippen LogP contribution in [0.3, 0.4) is 0 Å². The van der Waals surface area contributed by atoms with Crippen molar-refractivity contribution in [2.24, 2.45) is 11.3 Å². The minimum atomic E-state index is 0.405. The first kappa shape index (κ1) is 14.9. The summed E-state index contributed by atoms with van der Waals surface area (Å²) < 4.78 is 5.66. The van der Waals surface area contributed by atoms with Crippen molar-refractivity contribution >= 4 is 11.5 Å². The Kier molecular flexibility index (Phi) is 4.73. The summed E-state index contributed by atoms with van der Waals surface area (Å²) in [7, 11) is 0. The second kappa shape index (κ2) is 6.33. The molecule has 0 aliphatic heterocycles. The van der Waals surface area contributed by atoms with Gasteiger partial charge in [0.25, 0.3) is 0 Å². The van der Waals surface area contributed by atoms with Gasteiger partial charge in [0.2, 0.25) is 5.88 Å². The number of rotatable bonds is 6. The summed E-state index contributed by atoms with van der Waals surface area (Å²) in [5, 5.41) is 3.44.